The van der Waals surface area contributed by atoms with Gasteiger partial charge in [-0.05, 0) is 42.0 Å². The average molecular weight is 473 g/mol. The second-order valence-corrected chi connectivity index (χ2v) is 7.78. The van der Waals surface area contributed by atoms with Gasteiger partial charge in [-0.2, -0.15) is 0 Å². The summed E-state index contributed by atoms with van der Waals surface area (Å²) in [7, 11) is 0. The van der Waals surface area contributed by atoms with Crippen molar-refractivity contribution >= 4 is 61.5 Å². The van der Waals surface area contributed by atoms with Crippen LogP contribution in [0.25, 0.3) is 10.8 Å². The van der Waals surface area contributed by atoms with Crippen LogP contribution in [0.2, 0.25) is 5.02 Å². The van der Waals surface area contributed by atoms with Crippen LogP contribution in [0.1, 0.15) is 5.56 Å². The maximum atomic E-state index is 6.38. The zero-order valence-electron chi connectivity index (χ0n) is 13.5. The van der Waals surface area contributed by atoms with E-state index in [1.54, 1.807) is 12.1 Å². The molecule has 0 spiro atoms. The Morgan fingerprint density at radius 3 is 2.42 bits per heavy atom. The van der Waals surface area contributed by atoms with Gasteiger partial charge in [0.1, 0.15) is 29.2 Å². The molecule has 0 fully saturated rings. The monoisotopic (exact) mass is 470 g/mol. The lowest BCUT2D eigenvalue weighted by atomic mass is 10.1. The lowest BCUT2D eigenvalue weighted by molar-refractivity contribution is 0.310. The molecular weight excluding hydrogens is 458 g/mol. The molecule has 0 unspecified atom stereocenters. The zero-order chi connectivity index (χ0) is 18.5. The number of halogens is 4. The molecule has 0 atom stereocenters. The van der Waals surface area contributed by atoms with Gasteiger partial charge in [0.15, 0.2) is 0 Å². The molecule has 0 N–H and O–H groups in total. The first-order chi connectivity index (χ1) is 12.5. The minimum atomic E-state index is 0.173. The minimum absolute atomic E-state index is 0.173. The number of benzene rings is 3. The Morgan fingerprint density at radius 2 is 1.69 bits per heavy atom. The second kappa shape index (κ2) is 9.01. The molecule has 0 aliphatic rings. The van der Waals surface area contributed by atoms with Gasteiger partial charge in [0.05, 0.1) is 5.02 Å². The minimum Gasteiger partial charge on any atom is -0.489 e. The van der Waals surface area contributed by atoms with Gasteiger partial charge in [-0.25, -0.2) is 0 Å². The lowest BCUT2D eigenvalue weighted by Gasteiger charge is -2.14. The van der Waals surface area contributed by atoms with Crippen molar-refractivity contribution in [1.29, 1.82) is 0 Å². The van der Waals surface area contributed by atoms with Crippen molar-refractivity contribution in [2.45, 2.75) is 6.61 Å². The van der Waals surface area contributed by atoms with Crippen LogP contribution in [0.4, 0.5) is 0 Å². The van der Waals surface area contributed by atoms with Gasteiger partial charge in [-0.15, -0.1) is 0 Å². The number of hydrogen-bond donors (Lipinski definition) is 0. The van der Waals surface area contributed by atoms with E-state index in [9.17, 15) is 0 Å². The Hall–Kier alpha value is -1.39. The summed E-state index contributed by atoms with van der Waals surface area (Å²) in [6, 6.07) is 17.4. The third-order valence-corrected chi connectivity index (χ3v) is 4.83. The number of hydrogen-bond acceptors (Lipinski definition) is 2. The lowest BCUT2D eigenvalue weighted by Crippen LogP contribution is -1.98. The molecule has 6 heteroatoms. The van der Waals surface area contributed by atoms with Crippen LogP contribution in [0.15, 0.2) is 69.6 Å². The van der Waals surface area contributed by atoms with Gasteiger partial charge in [-0.1, -0.05) is 75.0 Å². The fraction of sp³-hybridized carbons (Fsp3) is 0.100. The summed E-state index contributed by atoms with van der Waals surface area (Å²) in [5, 5.41) is 2.34. The molecule has 3 aromatic rings. The third kappa shape index (κ3) is 4.86. The van der Waals surface area contributed by atoms with Gasteiger partial charge in [0.2, 0.25) is 0 Å². The fourth-order valence-electron chi connectivity index (χ4n) is 2.48. The highest BCUT2D eigenvalue weighted by Gasteiger charge is 2.11. The molecule has 0 saturated carbocycles. The van der Waals surface area contributed by atoms with Crippen LogP contribution in [-0.2, 0) is 6.61 Å². The molecule has 0 bridgehead atoms. The van der Waals surface area contributed by atoms with E-state index in [-0.39, 0.29) is 11.1 Å². The van der Waals surface area contributed by atoms with E-state index in [4.69, 9.17) is 44.3 Å². The Balaban J connectivity index is 1.88. The number of fused-ring (bicyclic) bond motifs is 1. The molecular formula is C20H14BrCl3O2. The van der Waals surface area contributed by atoms with Gasteiger partial charge >= 0.3 is 0 Å². The third-order valence-electron chi connectivity index (χ3n) is 3.70. The summed E-state index contributed by atoms with van der Waals surface area (Å²) in [5.74, 6) is 1.34. The average Bonchev–Trinajstić information content (AvgIpc) is 2.62. The number of ether oxygens (including phenoxy) is 2. The van der Waals surface area contributed by atoms with E-state index >= 15 is 0 Å². The van der Waals surface area contributed by atoms with Gasteiger partial charge in [0.25, 0.3) is 0 Å². The van der Waals surface area contributed by atoms with E-state index in [1.165, 1.54) is 0 Å². The highest BCUT2D eigenvalue weighted by Crippen LogP contribution is 2.38. The van der Waals surface area contributed by atoms with Crippen molar-refractivity contribution in [2.24, 2.45) is 0 Å². The molecule has 0 heterocycles. The molecule has 2 nitrogen and oxygen atoms in total. The van der Waals surface area contributed by atoms with Crippen molar-refractivity contribution in [3.63, 3.8) is 0 Å². The molecule has 26 heavy (non-hydrogen) atoms. The van der Waals surface area contributed by atoms with Crippen LogP contribution in [0, 0.1) is 0 Å². The van der Waals surface area contributed by atoms with Crippen LogP contribution in [0.5, 0.6) is 11.5 Å². The molecule has 0 saturated heterocycles. The molecule has 3 aromatic carbocycles. The van der Waals surface area contributed by atoms with Gasteiger partial charge in [-0.3, -0.25) is 0 Å². The maximum absolute atomic E-state index is 6.38. The van der Waals surface area contributed by atoms with Crippen molar-refractivity contribution in [3.05, 3.63) is 80.2 Å². The normalized spacial score (nSPS) is 10.6. The largest absolute Gasteiger partial charge is 0.489 e. The van der Waals surface area contributed by atoms with Gasteiger partial charge < -0.3 is 9.47 Å². The predicted octanol–water partition coefficient (Wildman–Crippen LogP) is 7.53. The summed E-state index contributed by atoms with van der Waals surface area (Å²) >= 11 is 21.0. The van der Waals surface area contributed by atoms with Gasteiger partial charge in [0, 0.05) is 15.2 Å². The van der Waals surface area contributed by atoms with E-state index in [1.807, 2.05) is 48.5 Å². The molecule has 0 aliphatic heterocycles. The number of rotatable bonds is 6. The first kappa shape index (κ1) is 19.4. The van der Waals surface area contributed by atoms with Crippen molar-refractivity contribution in [1.82, 2.24) is 0 Å². The molecule has 0 amide bonds. The summed E-state index contributed by atoms with van der Waals surface area (Å²) in [6.07, 6.45) is 1.59. The molecule has 0 radical (unpaired) electrons. The Morgan fingerprint density at radius 1 is 0.923 bits per heavy atom. The SMILES string of the molecule is ClC(Cl)=CCOc1cccc2c(OCc3ccc(Br)cc3)c(Cl)ccc12. The van der Waals surface area contributed by atoms with Crippen molar-refractivity contribution in [2.75, 3.05) is 6.61 Å². The first-order valence-corrected chi connectivity index (χ1v) is 9.69. The maximum Gasteiger partial charge on any atom is 0.146 e. The van der Waals surface area contributed by atoms with E-state index < -0.39 is 0 Å². The van der Waals surface area contributed by atoms with Crippen LogP contribution >= 0.6 is 50.7 Å². The quantitative estimate of drug-likeness (QED) is 0.369. The summed E-state index contributed by atoms with van der Waals surface area (Å²) in [6.45, 7) is 0.695. The second-order valence-electron chi connectivity index (χ2n) is 5.45. The molecule has 3 rings (SSSR count). The van der Waals surface area contributed by atoms with Crippen molar-refractivity contribution in [3.8, 4) is 11.5 Å². The summed E-state index contributed by atoms with van der Waals surface area (Å²) in [5.41, 5.74) is 1.05. The molecule has 134 valence electrons. The van der Waals surface area contributed by atoms with Crippen LogP contribution in [0.3, 0.4) is 0 Å². The Kier molecular flexibility index (Phi) is 6.71. The molecule has 0 aliphatic carbocycles. The van der Waals surface area contributed by atoms with E-state index in [0.717, 1.165) is 20.8 Å². The summed E-state index contributed by atoms with van der Waals surface area (Å²) in [4.78, 5) is 0. The first-order valence-electron chi connectivity index (χ1n) is 7.77. The van der Waals surface area contributed by atoms with Crippen molar-refractivity contribution < 1.29 is 9.47 Å². The van der Waals surface area contributed by atoms with Crippen LogP contribution in [-0.4, -0.2) is 6.61 Å². The van der Waals surface area contributed by atoms with E-state index in [0.29, 0.717) is 23.1 Å². The Labute approximate surface area is 175 Å². The highest BCUT2D eigenvalue weighted by molar-refractivity contribution is 9.10. The highest BCUT2D eigenvalue weighted by atomic mass is 79.9. The molecule has 0 aromatic heterocycles. The Bertz CT molecular complexity index is 936. The zero-order valence-corrected chi connectivity index (χ0v) is 17.4. The van der Waals surface area contributed by atoms with E-state index in [2.05, 4.69) is 15.9 Å². The predicted molar refractivity (Wildman–Crippen MR) is 113 cm³/mol. The fourth-order valence-corrected chi connectivity index (χ4v) is 3.09. The smallest absolute Gasteiger partial charge is 0.146 e. The topological polar surface area (TPSA) is 18.5 Å². The standard InChI is InChI=1S/C20H14BrCl3O2/c21-14-6-4-13(5-7-14)12-26-20-16-2-1-3-18(25-11-10-19(23)24)15(16)8-9-17(20)22/h1-10H,11-12H2. The van der Waals surface area contributed by atoms with Crippen LogP contribution < -0.4 is 9.47 Å². The summed E-state index contributed by atoms with van der Waals surface area (Å²) < 4.78 is 13.0.